The third-order valence-corrected chi connectivity index (χ3v) is 3.53. The zero-order valence-electron chi connectivity index (χ0n) is 9.57. The zero-order chi connectivity index (χ0) is 11.5. The van der Waals surface area contributed by atoms with Crippen LogP contribution < -0.4 is 0 Å². The van der Waals surface area contributed by atoms with Crippen molar-refractivity contribution < 1.29 is 15.0 Å². The van der Waals surface area contributed by atoms with E-state index in [4.69, 9.17) is 0 Å². The quantitative estimate of drug-likeness (QED) is 0.694. The summed E-state index contributed by atoms with van der Waals surface area (Å²) < 4.78 is 0. The Labute approximate surface area is 90.9 Å². The maximum absolute atomic E-state index is 12.1. The number of nitrogens with zero attached hydrogens (tertiary/aromatic N) is 1. The van der Waals surface area contributed by atoms with Crippen LogP contribution in [0.5, 0.6) is 0 Å². The Balaban J connectivity index is 2.86. The SMILES string of the molecule is CCCC1CCN(C)C(CO)(CO)C1=O. The predicted octanol–water partition coefficient (Wildman–Crippen LogP) is 0.0307. The molecule has 15 heavy (non-hydrogen) atoms. The molecule has 1 unspecified atom stereocenters. The smallest absolute Gasteiger partial charge is 0.160 e. The number of hydrogen-bond acceptors (Lipinski definition) is 4. The molecule has 1 heterocycles. The van der Waals surface area contributed by atoms with Crippen LogP contribution in [0.2, 0.25) is 0 Å². The second-order valence-corrected chi connectivity index (χ2v) is 4.41. The van der Waals surface area contributed by atoms with Gasteiger partial charge in [0.05, 0.1) is 13.2 Å². The van der Waals surface area contributed by atoms with Crippen molar-refractivity contribution in [3.05, 3.63) is 0 Å². The highest BCUT2D eigenvalue weighted by atomic mass is 16.3. The fourth-order valence-corrected chi connectivity index (χ4v) is 2.33. The summed E-state index contributed by atoms with van der Waals surface area (Å²) in [6.45, 7) is 2.22. The van der Waals surface area contributed by atoms with Crippen LogP contribution in [0.15, 0.2) is 0 Å². The standard InChI is InChI=1S/C11H21NO3/c1-3-4-9-5-6-12(2)11(7-13,8-14)10(9)15/h9,13-14H,3-8H2,1-2H3. The molecule has 0 aromatic rings. The highest BCUT2D eigenvalue weighted by Crippen LogP contribution is 2.29. The zero-order valence-corrected chi connectivity index (χ0v) is 9.57. The summed E-state index contributed by atoms with van der Waals surface area (Å²) in [4.78, 5) is 13.9. The lowest BCUT2D eigenvalue weighted by Crippen LogP contribution is -2.63. The van der Waals surface area contributed by atoms with E-state index in [0.29, 0.717) is 0 Å². The van der Waals surface area contributed by atoms with Crippen molar-refractivity contribution in [2.75, 3.05) is 26.8 Å². The van der Waals surface area contributed by atoms with Crippen LogP contribution in [0.1, 0.15) is 26.2 Å². The van der Waals surface area contributed by atoms with Crippen LogP contribution in [0, 0.1) is 5.92 Å². The number of aliphatic hydroxyl groups excluding tert-OH is 2. The molecule has 1 saturated heterocycles. The van der Waals surface area contributed by atoms with E-state index in [2.05, 4.69) is 0 Å². The summed E-state index contributed by atoms with van der Waals surface area (Å²) in [6, 6.07) is 0. The molecule has 0 bridgehead atoms. The summed E-state index contributed by atoms with van der Waals surface area (Å²) >= 11 is 0. The van der Waals surface area contributed by atoms with Gasteiger partial charge < -0.3 is 10.2 Å². The van der Waals surface area contributed by atoms with Crippen LogP contribution >= 0.6 is 0 Å². The van der Waals surface area contributed by atoms with Gasteiger partial charge in [-0.15, -0.1) is 0 Å². The predicted molar refractivity (Wildman–Crippen MR) is 57.6 cm³/mol. The summed E-state index contributed by atoms with van der Waals surface area (Å²) in [5.74, 6) is 0.00796. The van der Waals surface area contributed by atoms with Crippen molar-refractivity contribution in [1.29, 1.82) is 0 Å². The Hall–Kier alpha value is -0.450. The summed E-state index contributed by atoms with van der Waals surface area (Å²) in [6.07, 6.45) is 2.66. The normalized spacial score (nSPS) is 26.9. The number of Topliss-reactive ketones (excluding diaryl/α,β-unsaturated/α-hetero) is 1. The second-order valence-electron chi connectivity index (χ2n) is 4.41. The van der Waals surface area contributed by atoms with E-state index in [-0.39, 0.29) is 24.9 Å². The van der Waals surface area contributed by atoms with Gasteiger partial charge in [0, 0.05) is 5.92 Å². The van der Waals surface area contributed by atoms with Crippen molar-refractivity contribution in [2.45, 2.75) is 31.7 Å². The van der Waals surface area contributed by atoms with E-state index in [0.717, 1.165) is 25.8 Å². The molecule has 0 radical (unpaired) electrons. The number of piperidine rings is 1. The van der Waals surface area contributed by atoms with Gasteiger partial charge in [0.15, 0.2) is 5.78 Å². The van der Waals surface area contributed by atoms with Crippen LogP contribution in [-0.4, -0.2) is 53.2 Å². The molecule has 0 aromatic heterocycles. The van der Waals surface area contributed by atoms with Crippen LogP contribution in [0.3, 0.4) is 0 Å². The number of carbonyl (C=O) groups is 1. The molecular formula is C11H21NO3. The van der Waals surface area contributed by atoms with Gasteiger partial charge in [-0.05, 0) is 26.4 Å². The van der Waals surface area contributed by atoms with Gasteiger partial charge in [0.2, 0.25) is 0 Å². The van der Waals surface area contributed by atoms with Gasteiger partial charge in [-0.2, -0.15) is 0 Å². The van der Waals surface area contributed by atoms with E-state index >= 15 is 0 Å². The number of carbonyl (C=O) groups excluding carboxylic acids is 1. The lowest BCUT2D eigenvalue weighted by molar-refractivity contribution is -0.146. The number of rotatable bonds is 4. The topological polar surface area (TPSA) is 60.8 Å². The summed E-state index contributed by atoms with van der Waals surface area (Å²) in [5, 5.41) is 18.7. The number of likely N-dealkylation sites (N-methyl/N-ethyl adjacent to an activating group) is 1. The van der Waals surface area contributed by atoms with Crippen LogP contribution in [0.25, 0.3) is 0 Å². The third kappa shape index (κ3) is 2.07. The molecule has 4 heteroatoms. The maximum atomic E-state index is 12.1. The molecule has 1 aliphatic rings. The van der Waals surface area contributed by atoms with E-state index in [1.165, 1.54) is 0 Å². The van der Waals surface area contributed by atoms with Gasteiger partial charge in [-0.25, -0.2) is 0 Å². The van der Waals surface area contributed by atoms with Gasteiger partial charge >= 0.3 is 0 Å². The highest BCUT2D eigenvalue weighted by molar-refractivity contribution is 5.91. The maximum Gasteiger partial charge on any atom is 0.160 e. The lowest BCUT2D eigenvalue weighted by Gasteiger charge is -2.44. The Bertz CT molecular complexity index is 226. The molecule has 1 atom stereocenters. The fraction of sp³-hybridized carbons (Fsp3) is 0.909. The largest absolute Gasteiger partial charge is 0.394 e. The molecule has 0 saturated carbocycles. The molecule has 4 nitrogen and oxygen atoms in total. The molecule has 0 amide bonds. The summed E-state index contributed by atoms with van der Waals surface area (Å²) in [7, 11) is 1.78. The molecule has 0 aromatic carbocycles. The van der Waals surface area contributed by atoms with Crippen molar-refractivity contribution in [1.82, 2.24) is 4.90 Å². The molecular weight excluding hydrogens is 194 g/mol. The minimum absolute atomic E-state index is 0.00287. The molecule has 0 aliphatic carbocycles. The van der Waals surface area contributed by atoms with Gasteiger partial charge in [0.25, 0.3) is 0 Å². The van der Waals surface area contributed by atoms with E-state index < -0.39 is 5.54 Å². The van der Waals surface area contributed by atoms with Gasteiger partial charge in [-0.1, -0.05) is 13.3 Å². The van der Waals surface area contributed by atoms with Gasteiger partial charge in [-0.3, -0.25) is 9.69 Å². The average molecular weight is 215 g/mol. The molecule has 1 rings (SSSR count). The van der Waals surface area contributed by atoms with E-state index in [9.17, 15) is 15.0 Å². The van der Waals surface area contributed by atoms with Crippen molar-refractivity contribution in [2.24, 2.45) is 5.92 Å². The van der Waals surface area contributed by atoms with Crippen molar-refractivity contribution >= 4 is 5.78 Å². The Morgan fingerprint density at radius 2 is 2.07 bits per heavy atom. The first-order chi connectivity index (χ1) is 7.12. The Morgan fingerprint density at radius 1 is 1.47 bits per heavy atom. The van der Waals surface area contributed by atoms with Crippen molar-refractivity contribution in [3.8, 4) is 0 Å². The minimum Gasteiger partial charge on any atom is -0.394 e. The fourth-order valence-electron chi connectivity index (χ4n) is 2.33. The first-order valence-corrected chi connectivity index (χ1v) is 5.59. The minimum atomic E-state index is -1.04. The summed E-state index contributed by atoms with van der Waals surface area (Å²) in [5.41, 5.74) is -1.04. The molecule has 88 valence electrons. The monoisotopic (exact) mass is 215 g/mol. The van der Waals surface area contributed by atoms with Crippen molar-refractivity contribution in [3.63, 3.8) is 0 Å². The average Bonchev–Trinajstić information content (AvgIpc) is 2.25. The number of aliphatic hydroxyl groups is 2. The lowest BCUT2D eigenvalue weighted by atomic mass is 9.78. The van der Waals surface area contributed by atoms with Crippen LogP contribution in [-0.2, 0) is 4.79 Å². The first kappa shape index (κ1) is 12.6. The first-order valence-electron chi connectivity index (χ1n) is 5.59. The molecule has 2 N–H and O–H groups in total. The van der Waals surface area contributed by atoms with Crippen LogP contribution in [0.4, 0.5) is 0 Å². The molecule has 1 aliphatic heterocycles. The Morgan fingerprint density at radius 3 is 2.53 bits per heavy atom. The molecule has 1 fully saturated rings. The highest BCUT2D eigenvalue weighted by Gasteiger charge is 2.47. The van der Waals surface area contributed by atoms with Gasteiger partial charge in [0.1, 0.15) is 5.54 Å². The third-order valence-electron chi connectivity index (χ3n) is 3.53. The number of ketones is 1. The number of likely N-dealkylation sites (tertiary alicyclic amines) is 1. The van der Waals surface area contributed by atoms with E-state index in [1.807, 2.05) is 6.92 Å². The molecule has 0 spiro atoms. The number of hydrogen-bond donors (Lipinski definition) is 2. The Kier molecular flexibility index (Phi) is 4.25. The van der Waals surface area contributed by atoms with E-state index in [1.54, 1.807) is 11.9 Å². The second kappa shape index (κ2) is 5.05.